The number of piperidine rings is 1. The van der Waals surface area contributed by atoms with E-state index in [9.17, 15) is 8.42 Å². The monoisotopic (exact) mass is 456 g/mol. The van der Waals surface area contributed by atoms with E-state index in [-0.39, 0.29) is 4.90 Å². The van der Waals surface area contributed by atoms with Crippen LogP contribution in [0, 0.1) is 0 Å². The van der Waals surface area contributed by atoms with Crippen molar-refractivity contribution >= 4 is 10.0 Å². The summed E-state index contributed by atoms with van der Waals surface area (Å²) in [5.41, 5.74) is 3.85. The Morgan fingerprint density at radius 3 is 1.91 bits per heavy atom. The van der Waals surface area contributed by atoms with Gasteiger partial charge in [-0.05, 0) is 25.0 Å². The molecular formula is C26H24N4O2S. The predicted molar refractivity (Wildman–Crippen MR) is 129 cm³/mol. The van der Waals surface area contributed by atoms with Gasteiger partial charge in [-0.25, -0.2) is 13.4 Å². The molecule has 166 valence electrons. The Labute approximate surface area is 194 Å². The highest BCUT2D eigenvalue weighted by atomic mass is 32.2. The van der Waals surface area contributed by atoms with Crippen LogP contribution in [0.3, 0.4) is 0 Å². The number of rotatable bonds is 5. The van der Waals surface area contributed by atoms with Gasteiger partial charge in [0, 0.05) is 29.8 Å². The third-order valence-corrected chi connectivity index (χ3v) is 7.72. The van der Waals surface area contributed by atoms with Crippen LogP contribution in [0.4, 0.5) is 0 Å². The average Bonchev–Trinajstić information content (AvgIpc) is 2.90. The molecule has 0 aliphatic carbocycles. The standard InChI is InChI=1S/C26H24N4O2S/c31-33(32,30-17-8-3-9-18-30)23-16-10-15-22(19-23)26-27-24(20-11-4-1-5-12-20)25(28-29-26)21-13-6-2-7-14-21/h1-2,4-7,10-16,19H,3,8-9,17-18H2. The molecule has 0 amide bonds. The maximum Gasteiger partial charge on any atom is 0.243 e. The van der Waals surface area contributed by atoms with E-state index in [2.05, 4.69) is 10.2 Å². The molecule has 0 spiro atoms. The summed E-state index contributed by atoms with van der Waals surface area (Å²) in [5, 5.41) is 8.89. The Bertz CT molecular complexity index is 1350. The van der Waals surface area contributed by atoms with E-state index in [0.29, 0.717) is 35.9 Å². The van der Waals surface area contributed by atoms with Crippen molar-refractivity contribution in [2.24, 2.45) is 0 Å². The van der Waals surface area contributed by atoms with E-state index in [0.717, 1.165) is 30.4 Å². The van der Waals surface area contributed by atoms with Gasteiger partial charge >= 0.3 is 0 Å². The van der Waals surface area contributed by atoms with E-state index in [1.54, 1.807) is 22.5 Å². The maximum absolute atomic E-state index is 13.2. The molecule has 6 nitrogen and oxygen atoms in total. The normalized spacial score (nSPS) is 14.8. The van der Waals surface area contributed by atoms with Gasteiger partial charge in [-0.2, -0.15) is 4.31 Å². The van der Waals surface area contributed by atoms with Gasteiger partial charge in [0.25, 0.3) is 0 Å². The Morgan fingerprint density at radius 1 is 0.636 bits per heavy atom. The molecule has 1 fully saturated rings. The first kappa shape index (κ1) is 21.4. The van der Waals surface area contributed by atoms with Crippen molar-refractivity contribution in [1.82, 2.24) is 19.5 Å². The molecule has 7 heteroatoms. The summed E-state index contributed by atoms with van der Waals surface area (Å²) >= 11 is 0. The van der Waals surface area contributed by atoms with Gasteiger partial charge in [-0.3, -0.25) is 0 Å². The molecule has 0 unspecified atom stereocenters. The lowest BCUT2D eigenvalue weighted by Crippen LogP contribution is -2.35. The van der Waals surface area contributed by atoms with Crippen LogP contribution in [0.25, 0.3) is 33.9 Å². The smallest absolute Gasteiger partial charge is 0.224 e. The molecular weight excluding hydrogens is 432 g/mol. The molecule has 1 saturated heterocycles. The minimum atomic E-state index is -3.55. The lowest BCUT2D eigenvalue weighted by Gasteiger charge is -2.26. The molecule has 1 aliphatic rings. The van der Waals surface area contributed by atoms with Crippen LogP contribution in [0.15, 0.2) is 89.8 Å². The highest BCUT2D eigenvalue weighted by molar-refractivity contribution is 7.89. The molecule has 0 atom stereocenters. The molecule has 5 rings (SSSR count). The number of aromatic nitrogens is 3. The van der Waals surface area contributed by atoms with Crippen molar-refractivity contribution < 1.29 is 8.42 Å². The maximum atomic E-state index is 13.2. The molecule has 1 aliphatic heterocycles. The highest BCUT2D eigenvalue weighted by Gasteiger charge is 2.26. The minimum absolute atomic E-state index is 0.263. The van der Waals surface area contributed by atoms with E-state index in [1.807, 2.05) is 66.7 Å². The van der Waals surface area contributed by atoms with Crippen LogP contribution in [0.5, 0.6) is 0 Å². The van der Waals surface area contributed by atoms with Gasteiger partial charge in [-0.1, -0.05) is 79.2 Å². The summed E-state index contributed by atoms with van der Waals surface area (Å²) < 4.78 is 27.9. The fraction of sp³-hybridized carbons (Fsp3) is 0.192. The van der Waals surface area contributed by atoms with Gasteiger partial charge in [0.2, 0.25) is 10.0 Å². The number of benzene rings is 3. The van der Waals surface area contributed by atoms with Gasteiger partial charge in [0.1, 0.15) is 11.4 Å². The van der Waals surface area contributed by atoms with Crippen LogP contribution in [-0.2, 0) is 10.0 Å². The lowest BCUT2D eigenvalue weighted by molar-refractivity contribution is 0.346. The molecule has 1 aromatic heterocycles. The number of hydrogen-bond acceptors (Lipinski definition) is 5. The molecule has 0 bridgehead atoms. The summed E-state index contributed by atoms with van der Waals surface area (Å²) in [7, 11) is -3.55. The van der Waals surface area contributed by atoms with E-state index < -0.39 is 10.0 Å². The average molecular weight is 457 g/mol. The zero-order valence-electron chi connectivity index (χ0n) is 18.1. The topological polar surface area (TPSA) is 76.0 Å². The highest BCUT2D eigenvalue weighted by Crippen LogP contribution is 2.31. The molecule has 0 N–H and O–H groups in total. The third kappa shape index (κ3) is 4.42. The zero-order chi connectivity index (χ0) is 22.7. The third-order valence-electron chi connectivity index (χ3n) is 5.83. The summed E-state index contributed by atoms with van der Waals surface area (Å²) in [5.74, 6) is 0.393. The number of nitrogens with zero attached hydrogens (tertiary/aromatic N) is 4. The summed E-state index contributed by atoms with van der Waals surface area (Å²) in [6.45, 7) is 1.13. The van der Waals surface area contributed by atoms with Gasteiger partial charge in [0.05, 0.1) is 4.90 Å². The van der Waals surface area contributed by atoms with E-state index in [4.69, 9.17) is 4.98 Å². The quantitative estimate of drug-likeness (QED) is 0.420. The van der Waals surface area contributed by atoms with Crippen molar-refractivity contribution in [3.63, 3.8) is 0 Å². The van der Waals surface area contributed by atoms with Crippen molar-refractivity contribution in [2.45, 2.75) is 24.2 Å². The SMILES string of the molecule is O=S(=O)(c1cccc(-c2nnc(-c3ccccc3)c(-c3ccccc3)n2)c1)N1CCCCC1. The molecule has 2 heterocycles. The molecule has 3 aromatic carbocycles. The Kier molecular flexibility index (Phi) is 5.98. The van der Waals surface area contributed by atoms with Gasteiger partial charge in [0.15, 0.2) is 5.82 Å². The fourth-order valence-corrected chi connectivity index (χ4v) is 5.65. The zero-order valence-corrected chi connectivity index (χ0v) is 18.9. The first-order valence-electron chi connectivity index (χ1n) is 11.1. The van der Waals surface area contributed by atoms with Crippen LogP contribution >= 0.6 is 0 Å². The van der Waals surface area contributed by atoms with Crippen LogP contribution in [0.1, 0.15) is 19.3 Å². The first-order chi connectivity index (χ1) is 16.1. The van der Waals surface area contributed by atoms with Crippen LogP contribution < -0.4 is 0 Å². The Morgan fingerprint density at radius 2 is 1.24 bits per heavy atom. The second-order valence-corrected chi connectivity index (χ2v) is 10.00. The number of hydrogen-bond donors (Lipinski definition) is 0. The minimum Gasteiger partial charge on any atom is -0.224 e. The molecule has 0 radical (unpaired) electrons. The lowest BCUT2D eigenvalue weighted by atomic mass is 10.0. The van der Waals surface area contributed by atoms with Crippen molar-refractivity contribution in [1.29, 1.82) is 0 Å². The summed E-state index contributed by atoms with van der Waals surface area (Å²) in [6.07, 6.45) is 2.86. The van der Waals surface area contributed by atoms with Crippen LogP contribution in [0.2, 0.25) is 0 Å². The van der Waals surface area contributed by atoms with Gasteiger partial charge < -0.3 is 0 Å². The summed E-state index contributed by atoms with van der Waals surface area (Å²) in [4.78, 5) is 5.11. The number of sulfonamides is 1. The van der Waals surface area contributed by atoms with Gasteiger partial charge in [-0.15, -0.1) is 10.2 Å². The van der Waals surface area contributed by atoms with Crippen molar-refractivity contribution in [3.05, 3.63) is 84.9 Å². The Hall–Kier alpha value is -3.42. The van der Waals surface area contributed by atoms with E-state index >= 15 is 0 Å². The predicted octanol–water partition coefficient (Wildman–Crippen LogP) is 5.05. The van der Waals surface area contributed by atoms with Crippen molar-refractivity contribution in [3.8, 4) is 33.9 Å². The van der Waals surface area contributed by atoms with Crippen molar-refractivity contribution in [2.75, 3.05) is 13.1 Å². The fourth-order valence-electron chi connectivity index (χ4n) is 4.09. The Balaban J connectivity index is 1.59. The summed E-state index contributed by atoms with van der Waals surface area (Å²) in [6, 6.07) is 26.5. The molecule has 33 heavy (non-hydrogen) atoms. The van der Waals surface area contributed by atoms with Crippen LogP contribution in [-0.4, -0.2) is 41.0 Å². The molecule has 0 saturated carbocycles. The van der Waals surface area contributed by atoms with E-state index in [1.165, 1.54) is 0 Å². The largest absolute Gasteiger partial charge is 0.243 e. The first-order valence-corrected chi connectivity index (χ1v) is 12.5. The second kappa shape index (κ2) is 9.21. The second-order valence-electron chi connectivity index (χ2n) is 8.06. The molecule has 4 aromatic rings.